The number of carbonyl (C=O) groups excluding carboxylic acids is 2. The summed E-state index contributed by atoms with van der Waals surface area (Å²) in [7, 11) is 0. The maximum absolute atomic E-state index is 12.3. The number of esters is 1. The Bertz CT molecular complexity index is 1100. The van der Waals surface area contributed by atoms with Crippen molar-refractivity contribution in [3.63, 3.8) is 0 Å². The minimum absolute atomic E-state index is 0.0845. The summed E-state index contributed by atoms with van der Waals surface area (Å²) in [6.07, 6.45) is -0.181. The Morgan fingerprint density at radius 1 is 1.03 bits per heavy atom. The number of rotatable bonds is 6. The third kappa shape index (κ3) is 5.37. The second kappa shape index (κ2) is 8.57. The zero-order valence-corrected chi connectivity index (χ0v) is 17.7. The van der Waals surface area contributed by atoms with E-state index >= 15 is 0 Å². The molecule has 0 unspecified atom stereocenters. The molecular formula is C23H27N3O4. The molecule has 7 nitrogen and oxygen atoms in total. The maximum atomic E-state index is 12.3. The molecule has 0 aliphatic heterocycles. The van der Waals surface area contributed by atoms with Crippen molar-refractivity contribution in [3.8, 4) is 0 Å². The lowest BCUT2D eigenvalue weighted by atomic mass is 9.86. The Balaban J connectivity index is 1.50. The molecule has 0 saturated heterocycles. The van der Waals surface area contributed by atoms with E-state index in [0.29, 0.717) is 23.1 Å². The zero-order valence-electron chi connectivity index (χ0n) is 17.7. The number of H-pyrrole nitrogens is 2. The van der Waals surface area contributed by atoms with Crippen LogP contribution in [0.2, 0.25) is 0 Å². The molecule has 30 heavy (non-hydrogen) atoms. The smallest absolute Gasteiger partial charge is 0.323 e. The molecule has 0 aliphatic carbocycles. The van der Waals surface area contributed by atoms with Crippen LogP contribution in [0.3, 0.4) is 0 Å². The molecule has 158 valence electrons. The predicted octanol–water partition coefficient (Wildman–Crippen LogP) is 3.66. The average Bonchev–Trinajstić information content (AvgIpc) is 3.05. The number of ether oxygens (including phenoxy) is 1. The van der Waals surface area contributed by atoms with Crippen LogP contribution in [0.1, 0.15) is 45.2 Å². The first-order valence-electron chi connectivity index (χ1n) is 9.93. The summed E-state index contributed by atoms with van der Waals surface area (Å²) < 4.78 is 5.26. The molecular weight excluding hydrogens is 382 g/mol. The summed E-state index contributed by atoms with van der Waals surface area (Å²) in [6, 6.07) is 13.2. The van der Waals surface area contributed by atoms with Crippen LogP contribution in [-0.4, -0.2) is 27.9 Å². The quantitative estimate of drug-likeness (QED) is 0.541. The van der Waals surface area contributed by atoms with Crippen LogP contribution >= 0.6 is 0 Å². The van der Waals surface area contributed by atoms with Crippen LogP contribution in [0, 0.1) is 0 Å². The average molecular weight is 409 g/mol. The molecule has 3 rings (SSSR count). The monoisotopic (exact) mass is 409 g/mol. The number of aryl methyl sites for hydroxylation is 1. The van der Waals surface area contributed by atoms with E-state index in [1.807, 2.05) is 12.1 Å². The van der Waals surface area contributed by atoms with E-state index in [2.05, 4.69) is 48.2 Å². The molecule has 0 fully saturated rings. The largest absolute Gasteiger partial charge is 0.453 e. The van der Waals surface area contributed by atoms with Gasteiger partial charge in [0.15, 0.2) is 6.10 Å². The third-order valence-corrected chi connectivity index (χ3v) is 4.90. The van der Waals surface area contributed by atoms with E-state index in [-0.39, 0.29) is 17.5 Å². The molecule has 1 atom stereocenters. The van der Waals surface area contributed by atoms with E-state index < -0.39 is 18.0 Å². The minimum atomic E-state index is -0.929. The molecule has 3 aromatic rings. The summed E-state index contributed by atoms with van der Waals surface area (Å²) in [5, 5.41) is 2.69. The lowest BCUT2D eigenvalue weighted by Gasteiger charge is -2.19. The summed E-state index contributed by atoms with van der Waals surface area (Å²) in [5.74, 6) is -0.863. The molecule has 0 spiro atoms. The first-order valence-corrected chi connectivity index (χ1v) is 9.93. The van der Waals surface area contributed by atoms with Gasteiger partial charge in [-0.2, -0.15) is 0 Å². The predicted molar refractivity (Wildman–Crippen MR) is 117 cm³/mol. The van der Waals surface area contributed by atoms with Gasteiger partial charge in [-0.05, 0) is 48.1 Å². The maximum Gasteiger partial charge on any atom is 0.323 e. The fourth-order valence-electron chi connectivity index (χ4n) is 3.08. The number of nitrogens with one attached hydrogen (secondary N) is 3. The Kier molecular flexibility index (Phi) is 6.10. The first kappa shape index (κ1) is 21.4. The van der Waals surface area contributed by atoms with Crippen LogP contribution in [0.5, 0.6) is 0 Å². The van der Waals surface area contributed by atoms with Crippen molar-refractivity contribution in [2.75, 3.05) is 5.32 Å². The van der Waals surface area contributed by atoms with E-state index in [9.17, 15) is 14.4 Å². The topological polar surface area (TPSA) is 104 Å². The van der Waals surface area contributed by atoms with E-state index in [4.69, 9.17) is 4.74 Å². The number of hydrogen-bond acceptors (Lipinski definition) is 4. The molecule has 7 heteroatoms. The summed E-state index contributed by atoms with van der Waals surface area (Å²) >= 11 is 0. The van der Waals surface area contributed by atoms with Gasteiger partial charge in [0.1, 0.15) is 0 Å². The van der Waals surface area contributed by atoms with E-state index in [0.717, 1.165) is 5.56 Å². The van der Waals surface area contributed by atoms with Gasteiger partial charge in [0.25, 0.3) is 5.91 Å². The number of imidazole rings is 1. The third-order valence-electron chi connectivity index (χ3n) is 4.90. The number of fused-ring (bicyclic) bond motifs is 1. The molecule has 0 radical (unpaired) electrons. The fourth-order valence-corrected chi connectivity index (χ4v) is 3.08. The van der Waals surface area contributed by atoms with Gasteiger partial charge in [-0.1, -0.05) is 45.0 Å². The SMILES string of the molecule is C[C@H](OC(=O)CCc1ccc(C(C)(C)C)cc1)C(=O)Nc1ccc2[nH]c(=O)[nH]c2c1. The van der Waals surface area contributed by atoms with Gasteiger partial charge in [0.05, 0.1) is 11.0 Å². The zero-order chi connectivity index (χ0) is 21.9. The summed E-state index contributed by atoms with van der Waals surface area (Å²) in [5.41, 5.74) is 3.79. The number of benzene rings is 2. The molecule has 1 aromatic heterocycles. The molecule has 0 bridgehead atoms. The lowest BCUT2D eigenvalue weighted by molar-refractivity contribution is -0.153. The number of carbonyl (C=O) groups is 2. The Morgan fingerprint density at radius 2 is 1.70 bits per heavy atom. The van der Waals surface area contributed by atoms with E-state index in [1.165, 1.54) is 12.5 Å². The van der Waals surface area contributed by atoms with Crippen molar-refractivity contribution in [2.45, 2.75) is 52.1 Å². The summed E-state index contributed by atoms with van der Waals surface area (Å²) in [4.78, 5) is 41.1. The summed E-state index contributed by atoms with van der Waals surface area (Å²) in [6.45, 7) is 7.99. The second-order valence-electron chi connectivity index (χ2n) is 8.41. The number of amides is 1. The molecule has 1 amide bonds. The van der Waals surface area contributed by atoms with Gasteiger partial charge in [-0.15, -0.1) is 0 Å². The van der Waals surface area contributed by atoms with Crippen molar-refractivity contribution in [3.05, 3.63) is 64.1 Å². The molecule has 0 saturated carbocycles. The van der Waals surface area contributed by atoms with Gasteiger partial charge < -0.3 is 20.0 Å². The molecule has 1 heterocycles. The fraction of sp³-hybridized carbons (Fsp3) is 0.348. The number of aromatic amines is 2. The van der Waals surface area contributed by atoms with Crippen molar-refractivity contribution in [1.82, 2.24) is 9.97 Å². The highest BCUT2D eigenvalue weighted by molar-refractivity contribution is 5.96. The van der Waals surface area contributed by atoms with E-state index in [1.54, 1.807) is 18.2 Å². The lowest BCUT2D eigenvalue weighted by Crippen LogP contribution is -2.30. The number of hydrogen-bond donors (Lipinski definition) is 3. The van der Waals surface area contributed by atoms with Crippen LogP contribution in [0.4, 0.5) is 5.69 Å². The van der Waals surface area contributed by atoms with Crippen LogP contribution in [0.25, 0.3) is 11.0 Å². The highest BCUT2D eigenvalue weighted by atomic mass is 16.5. The second-order valence-corrected chi connectivity index (χ2v) is 8.41. The van der Waals surface area contributed by atoms with Crippen molar-refractivity contribution < 1.29 is 14.3 Å². The Morgan fingerprint density at radius 3 is 2.37 bits per heavy atom. The van der Waals surface area contributed by atoms with Crippen molar-refractivity contribution >= 4 is 28.6 Å². The van der Waals surface area contributed by atoms with Gasteiger partial charge in [-0.3, -0.25) is 9.59 Å². The molecule has 2 aromatic carbocycles. The van der Waals surface area contributed by atoms with Crippen LogP contribution in [0.15, 0.2) is 47.3 Å². The normalized spacial score (nSPS) is 12.5. The van der Waals surface area contributed by atoms with Gasteiger partial charge in [0.2, 0.25) is 0 Å². The van der Waals surface area contributed by atoms with Crippen LogP contribution < -0.4 is 11.0 Å². The highest BCUT2D eigenvalue weighted by Gasteiger charge is 2.18. The van der Waals surface area contributed by atoms with Gasteiger partial charge in [-0.25, -0.2) is 4.79 Å². The van der Waals surface area contributed by atoms with Crippen LogP contribution in [-0.2, 0) is 26.2 Å². The van der Waals surface area contributed by atoms with Crippen molar-refractivity contribution in [1.29, 1.82) is 0 Å². The minimum Gasteiger partial charge on any atom is -0.453 e. The molecule has 3 N–H and O–H groups in total. The standard InChI is InChI=1S/C23H27N3O4/c1-14(21(28)24-17-10-11-18-19(13-17)26-22(29)25-18)30-20(27)12-7-15-5-8-16(9-6-15)23(2,3)4/h5-6,8-11,13-14H,7,12H2,1-4H3,(H,24,28)(H2,25,26,29)/t14-/m0/s1. The number of anilines is 1. The van der Waals surface area contributed by atoms with Crippen molar-refractivity contribution in [2.24, 2.45) is 0 Å². The number of aromatic nitrogens is 2. The van der Waals surface area contributed by atoms with Gasteiger partial charge >= 0.3 is 11.7 Å². The first-order chi connectivity index (χ1) is 14.1. The highest BCUT2D eigenvalue weighted by Crippen LogP contribution is 2.22. The molecule has 0 aliphatic rings. The Labute approximate surface area is 174 Å². The van der Waals surface area contributed by atoms with Gasteiger partial charge in [0, 0.05) is 12.1 Å². The Hall–Kier alpha value is -3.35.